The van der Waals surface area contributed by atoms with Crippen molar-refractivity contribution in [2.45, 2.75) is 26.3 Å². The summed E-state index contributed by atoms with van der Waals surface area (Å²) in [6.45, 7) is 4.08. The van der Waals surface area contributed by atoms with E-state index in [-0.39, 0.29) is 28.8 Å². The molecule has 0 aliphatic carbocycles. The minimum atomic E-state index is -1.25. The lowest BCUT2D eigenvalue weighted by Gasteiger charge is -2.34. The second-order valence-electron chi connectivity index (χ2n) is 6.62. The highest BCUT2D eigenvalue weighted by Gasteiger charge is 2.30. The third kappa shape index (κ3) is 2.56. The molecule has 7 heteroatoms. The summed E-state index contributed by atoms with van der Waals surface area (Å²) < 4.78 is 8.43. The fourth-order valence-corrected chi connectivity index (χ4v) is 3.46. The van der Waals surface area contributed by atoms with Gasteiger partial charge in [0.2, 0.25) is 0 Å². The van der Waals surface area contributed by atoms with E-state index >= 15 is 0 Å². The van der Waals surface area contributed by atoms with Crippen LogP contribution in [0.25, 0.3) is 11.4 Å². The number of fused-ring (bicyclic) bond motifs is 3. The summed E-state index contributed by atoms with van der Waals surface area (Å²) in [4.78, 5) is 36.0. The molecular formula is C18H20N2O5. The standard InChI is InChI=1S/C18H20N2O5/c1-9(2)12-5-10-6-15(25-4)17(22)19(3)16(10)13-7-14(21)11(18(23)24)8-20(12)13/h6-9,12H,5H2,1-4H3,(H,23,24)/t12-/m0/s1. The first-order valence-electron chi connectivity index (χ1n) is 8.03. The largest absolute Gasteiger partial charge is 0.491 e. The molecule has 0 saturated carbocycles. The second-order valence-corrected chi connectivity index (χ2v) is 6.62. The van der Waals surface area contributed by atoms with E-state index < -0.39 is 11.4 Å². The molecule has 132 valence electrons. The van der Waals surface area contributed by atoms with Crippen LogP contribution in [0.5, 0.6) is 5.75 Å². The Morgan fingerprint density at radius 1 is 1.32 bits per heavy atom. The van der Waals surface area contributed by atoms with Crippen molar-refractivity contribution >= 4 is 5.97 Å². The number of methoxy groups -OCH3 is 1. The monoisotopic (exact) mass is 344 g/mol. The number of carbonyl (C=O) groups is 1. The first-order chi connectivity index (χ1) is 11.8. The van der Waals surface area contributed by atoms with Gasteiger partial charge in [0.1, 0.15) is 5.56 Å². The third-order valence-electron chi connectivity index (χ3n) is 4.79. The molecule has 1 N–H and O–H groups in total. The molecule has 0 unspecified atom stereocenters. The van der Waals surface area contributed by atoms with Gasteiger partial charge in [0, 0.05) is 25.4 Å². The topological polar surface area (TPSA) is 90.5 Å². The molecule has 1 atom stereocenters. The SMILES string of the molecule is COc1cc2c(n(C)c1=O)-c1cc(=O)c(C(=O)O)cn1[C@H](C(C)C)C2. The van der Waals surface area contributed by atoms with Gasteiger partial charge in [-0.3, -0.25) is 9.59 Å². The summed E-state index contributed by atoms with van der Waals surface area (Å²) in [5, 5.41) is 9.27. The van der Waals surface area contributed by atoms with Gasteiger partial charge in [-0.2, -0.15) is 0 Å². The maximum atomic E-state index is 12.4. The lowest BCUT2D eigenvalue weighted by molar-refractivity contribution is 0.0694. The molecule has 1 aliphatic heterocycles. The Hall–Kier alpha value is -2.83. The van der Waals surface area contributed by atoms with Crippen molar-refractivity contribution in [2.24, 2.45) is 13.0 Å². The van der Waals surface area contributed by atoms with Crippen LogP contribution in [0.4, 0.5) is 0 Å². The Kier molecular flexibility index (Phi) is 4.02. The predicted molar refractivity (Wildman–Crippen MR) is 92.5 cm³/mol. The molecule has 0 amide bonds. The zero-order valence-corrected chi connectivity index (χ0v) is 14.6. The van der Waals surface area contributed by atoms with Gasteiger partial charge >= 0.3 is 5.97 Å². The van der Waals surface area contributed by atoms with E-state index in [0.29, 0.717) is 17.8 Å². The highest BCUT2D eigenvalue weighted by molar-refractivity contribution is 5.87. The number of pyridine rings is 2. The van der Waals surface area contributed by atoms with E-state index in [4.69, 9.17) is 4.74 Å². The van der Waals surface area contributed by atoms with Crippen LogP contribution in [-0.2, 0) is 13.5 Å². The molecule has 2 aromatic rings. The van der Waals surface area contributed by atoms with Crippen molar-refractivity contribution in [2.75, 3.05) is 7.11 Å². The Balaban J connectivity index is 2.40. The lowest BCUT2D eigenvalue weighted by atomic mass is 9.89. The Labute approximate surface area is 144 Å². The Bertz CT molecular complexity index is 984. The summed E-state index contributed by atoms with van der Waals surface area (Å²) in [7, 11) is 3.07. The molecule has 0 radical (unpaired) electrons. The molecule has 2 aromatic heterocycles. The van der Waals surface area contributed by atoms with Crippen LogP contribution in [0.2, 0.25) is 0 Å². The average molecular weight is 344 g/mol. The summed E-state index contributed by atoms with van der Waals surface area (Å²) in [5.74, 6) is -0.793. The lowest BCUT2D eigenvalue weighted by Crippen LogP contribution is -2.32. The fourth-order valence-electron chi connectivity index (χ4n) is 3.46. The highest BCUT2D eigenvalue weighted by Crippen LogP contribution is 2.37. The molecular weight excluding hydrogens is 324 g/mol. The van der Waals surface area contributed by atoms with Crippen molar-refractivity contribution in [3.63, 3.8) is 0 Å². The van der Waals surface area contributed by atoms with Crippen LogP contribution in [0.15, 0.2) is 27.9 Å². The predicted octanol–water partition coefficient (Wildman–Crippen LogP) is 1.67. The molecule has 3 rings (SSSR count). The van der Waals surface area contributed by atoms with E-state index in [1.54, 1.807) is 13.1 Å². The molecule has 0 bridgehead atoms. The van der Waals surface area contributed by atoms with Crippen LogP contribution in [0, 0.1) is 5.92 Å². The number of aromatic carboxylic acids is 1. The molecule has 0 spiro atoms. The summed E-state index contributed by atoms with van der Waals surface area (Å²) in [6.07, 6.45) is 2.01. The zero-order chi connectivity index (χ0) is 18.5. The van der Waals surface area contributed by atoms with Crippen molar-refractivity contribution in [3.05, 3.63) is 50.0 Å². The van der Waals surface area contributed by atoms with Gasteiger partial charge in [-0.05, 0) is 24.0 Å². The van der Waals surface area contributed by atoms with Crippen molar-refractivity contribution in [1.29, 1.82) is 0 Å². The quantitative estimate of drug-likeness (QED) is 0.915. The first-order valence-corrected chi connectivity index (χ1v) is 8.03. The Morgan fingerprint density at radius 2 is 2.00 bits per heavy atom. The number of carboxylic acids is 1. The molecule has 25 heavy (non-hydrogen) atoms. The first kappa shape index (κ1) is 17.0. The van der Waals surface area contributed by atoms with Crippen LogP contribution in [-0.4, -0.2) is 27.3 Å². The second kappa shape index (κ2) is 5.91. The van der Waals surface area contributed by atoms with Gasteiger partial charge in [-0.1, -0.05) is 13.8 Å². The van der Waals surface area contributed by atoms with Crippen molar-refractivity contribution in [3.8, 4) is 17.1 Å². The van der Waals surface area contributed by atoms with Crippen LogP contribution < -0.4 is 15.7 Å². The van der Waals surface area contributed by atoms with Gasteiger partial charge in [-0.25, -0.2) is 4.79 Å². The number of rotatable bonds is 3. The smallest absolute Gasteiger partial charge is 0.341 e. The molecule has 0 saturated heterocycles. The molecule has 0 aromatic carbocycles. The van der Waals surface area contributed by atoms with Gasteiger partial charge in [0.25, 0.3) is 5.56 Å². The minimum absolute atomic E-state index is 0.0246. The van der Waals surface area contributed by atoms with Gasteiger partial charge in [-0.15, -0.1) is 0 Å². The molecule has 7 nitrogen and oxygen atoms in total. The maximum Gasteiger partial charge on any atom is 0.341 e. The third-order valence-corrected chi connectivity index (χ3v) is 4.79. The van der Waals surface area contributed by atoms with Crippen LogP contribution in [0.3, 0.4) is 0 Å². The molecule has 3 heterocycles. The number of hydrogen-bond donors (Lipinski definition) is 1. The number of carboxylic acid groups (broad SMARTS) is 1. The van der Waals surface area contributed by atoms with E-state index in [1.165, 1.54) is 23.9 Å². The average Bonchev–Trinajstić information content (AvgIpc) is 2.55. The van der Waals surface area contributed by atoms with E-state index in [9.17, 15) is 19.5 Å². The van der Waals surface area contributed by atoms with E-state index in [1.807, 2.05) is 18.4 Å². The van der Waals surface area contributed by atoms with Gasteiger partial charge in [0.05, 0.1) is 18.5 Å². The van der Waals surface area contributed by atoms with E-state index in [2.05, 4.69) is 0 Å². The summed E-state index contributed by atoms with van der Waals surface area (Å²) >= 11 is 0. The Morgan fingerprint density at radius 3 is 2.56 bits per heavy atom. The molecule has 1 aliphatic rings. The maximum absolute atomic E-state index is 12.4. The van der Waals surface area contributed by atoms with Crippen molar-refractivity contribution in [1.82, 2.24) is 9.13 Å². The minimum Gasteiger partial charge on any atom is -0.491 e. The van der Waals surface area contributed by atoms with Crippen LogP contribution >= 0.6 is 0 Å². The van der Waals surface area contributed by atoms with Crippen molar-refractivity contribution < 1.29 is 14.6 Å². The highest BCUT2D eigenvalue weighted by atomic mass is 16.5. The number of nitrogens with zero attached hydrogens (tertiary/aromatic N) is 2. The molecule has 0 fully saturated rings. The number of ether oxygens (including phenoxy) is 1. The summed E-state index contributed by atoms with van der Waals surface area (Å²) in [6, 6.07) is 3.00. The van der Waals surface area contributed by atoms with Gasteiger partial charge < -0.3 is 19.0 Å². The number of aromatic nitrogens is 2. The zero-order valence-electron chi connectivity index (χ0n) is 14.6. The normalized spacial score (nSPS) is 15.6. The van der Waals surface area contributed by atoms with Crippen LogP contribution in [0.1, 0.15) is 35.8 Å². The van der Waals surface area contributed by atoms with E-state index in [0.717, 1.165) is 5.56 Å². The summed E-state index contributed by atoms with van der Waals surface area (Å²) in [5.41, 5.74) is 0.938. The number of hydrogen-bond acceptors (Lipinski definition) is 4. The van der Waals surface area contributed by atoms with Gasteiger partial charge in [0.15, 0.2) is 11.2 Å². The fraction of sp³-hybridized carbons (Fsp3) is 0.389.